The van der Waals surface area contributed by atoms with Gasteiger partial charge in [0.05, 0.1) is 11.6 Å². The molecule has 0 bridgehead atoms. The molecule has 2 fully saturated rings. The Morgan fingerprint density at radius 1 is 1.23 bits per heavy atom. The van der Waals surface area contributed by atoms with Gasteiger partial charge in [-0.2, -0.15) is 10.3 Å². The van der Waals surface area contributed by atoms with Crippen molar-refractivity contribution in [3.8, 4) is 6.07 Å². The summed E-state index contributed by atoms with van der Waals surface area (Å²) in [4.78, 5) is 0. The van der Waals surface area contributed by atoms with E-state index in [-0.39, 0.29) is 32.7 Å². The maximum atomic E-state index is 9.30. The molecule has 5 nitrogen and oxygen atoms in total. The maximum Gasteiger partial charge on any atom is 0.0997 e. The smallest absolute Gasteiger partial charge is 0.0997 e. The number of halogens is 1. The molecule has 3 N–H and O–H groups in total. The van der Waals surface area contributed by atoms with E-state index >= 15 is 0 Å². The molecular weight excluding hydrogens is 445 g/mol. The molecule has 0 saturated carbocycles. The molecule has 139 valence electrons. The first-order valence-corrected chi connectivity index (χ1v) is 9.76. The zero-order valence-corrected chi connectivity index (χ0v) is 19.2. The predicted molar refractivity (Wildman–Crippen MR) is 104 cm³/mol. The molecule has 0 atom stereocenters. The summed E-state index contributed by atoms with van der Waals surface area (Å²) in [5.74, 6) is 0. The minimum absolute atomic E-state index is 0. The van der Waals surface area contributed by atoms with E-state index in [1.165, 1.54) is 29.9 Å². The van der Waals surface area contributed by atoms with Crippen LogP contribution in [0, 0.1) is 11.3 Å². The number of nitrogens with two attached hydrogens (primary N) is 1. The van der Waals surface area contributed by atoms with Gasteiger partial charge in [-0.15, -0.1) is 13.1 Å². The van der Waals surface area contributed by atoms with Crippen molar-refractivity contribution in [2.75, 3.05) is 26.2 Å². The Labute approximate surface area is 190 Å². The molecule has 0 aliphatic carbocycles. The van der Waals surface area contributed by atoms with Crippen LogP contribution >= 0.6 is 23.5 Å². The van der Waals surface area contributed by atoms with Crippen LogP contribution in [0.1, 0.15) is 31.2 Å². The minimum Gasteiger partial charge on any atom is -0.662 e. The van der Waals surface area contributed by atoms with E-state index in [1.54, 1.807) is 12.1 Å². The van der Waals surface area contributed by atoms with Gasteiger partial charge in [-0.3, -0.25) is 5.14 Å². The van der Waals surface area contributed by atoms with Crippen LogP contribution in [0.4, 0.5) is 0 Å². The van der Waals surface area contributed by atoms with Crippen molar-refractivity contribution in [3.63, 3.8) is 0 Å². The molecule has 0 unspecified atom stereocenters. The van der Waals surface area contributed by atoms with Gasteiger partial charge >= 0.3 is 0 Å². The number of hydroxylamine groups is 2. The molecule has 8 heteroatoms. The van der Waals surface area contributed by atoms with Gasteiger partial charge in [-0.05, 0) is 36.1 Å². The van der Waals surface area contributed by atoms with Crippen LogP contribution in [0.15, 0.2) is 29.8 Å². The first-order chi connectivity index (χ1) is 12.1. The van der Waals surface area contributed by atoms with Gasteiger partial charge in [0.25, 0.3) is 0 Å². The molecule has 0 aromatic heterocycles. The van der Waals surface area contributed by atoms with E-state index in [9.17, 15) is 10.5 Å². The fourth-order valence-electron chi connectivity index (χ4n) is 2.84. The molecule has 2 aliphatic heterocycles. The van der Waals surface area contributed by atoms with Crippen LogP contribution in [-0.4, -0.2) is 41.7 Å². The van der Waals surface area contributed by atoms with Gasteiger partial charge in [0, 0.05) is 56.1 Å². The Morgan fingerprint density at radius 3 is 2.27 bits per heavy atom. The van der Waals surface area contributed by atoms with E-state index in [0.717, 1.165) is 42.6 Å². The average Bonchev–Trinajstić information content (AvgIpc) is 2.66. The number of rotatable bonds is 2. The summed E-state index contributed by atoms with van der Waals surface area (Å²) < 4.78 is 0. The second kappa shape index (κ2) is 13.3. The Hall–Kier alpha value is 0.0339. The standard InChI is InChI=1S/C13H13ClN2O.C5H11N2S.Y/c14-12-3-1-10(2-4-12)13(9-15)11-5-7-16(17)8-6-11;6-8-5-1-3-7-4-2-5;/h1-4,17H,5-8H2;5H,1-4,6H2;/q;-1;. The molecule has 0 spiro atoms. The van der Waals surface area contributed by atoms with Gasteiger partial charge < -0.3 is 10.5 Å². The van der Waals surface area contributed by atoms with Crippen molar-refractivity contribution in [1.29, 1.82) is 5.26 Å². The fraction of sp³-hybridized carbons (Fsp3) is 0.500. The summed E-state index contributed by atoms with van der Waals surface area (Å²) in [5, 5.41) is 30.8. The SMILES string of the molecule is N#CC(=C1CCN(O)CC1)c1ccc(Cl)cc1.NSC1CC[N-]CC1.[Y]. The number of piperidine rings is 2. The zero-order chi connectivity index (χ0) is 18.1. The third-order valence-electron chi connectivity index (χ3n) is 4.35. The summed E-state index contributed by atoms with van der Waals surface area (Å²) in [6.45, 7) is 3.23. The first-order valence-electron chi connectivity index (χ1n) is 8.44. The van der Waals surface area contributed by atoms with Crippen molar-refractivity contribution in [1.82, 2.24) is 5.06 Å². The third-order valence-corrected chi connectivity index (χ3v) is 5.46. The second-order valence-corrected chi connectivity index (χ2v) is 7.43. The maximum absolute atomic E-state index is 9.30. The first kappa shape index (κ1) is 24.1. The van der Waals surface area contributed by atoms with Crippen LogP contribution in [0.5, 0.6) is 0 Å². The molecule has 2 heterocycles. The minimum atomic E-state index is 0. The normalized spacial score (nSPS) is 18.2. The fourth-order valence-corrected chi connectivity index (χ4v) is 3.45. The zero-order valence-electron chi connectivity index (χ0n) is 14.8. The summed E-state index contributed by atoms with van der Waals surface area (Å²) in [5.41, 5.74) is 2.73. The van der Waals surface area contributed by atoms with Crippen LogP contribution in [-0.2, 0) is 32.7 Å². The Morgan fingerprint density at radius 2 is 1.81 bits per heavy atom. The Balaban J connectivity index is 0.000000318. The van der Waals surface area contributed by atoms with E-state index in [2.05, 4.69) is 11.4 Å². The van der Waals surface area contributed by atoms with Crippen LogP contribution < -0.4 is 5.14 Å². The van der Waals surface area contributed by atoms with Gasteiger partial charge in [-0.1, -0.05) is 48.5 Å². The van der Waals surface area contributed by atoms with Crippen LogP contribution in [0.2, 0.25) is 5.02 Å². The van der Waals surface area contributed by atoms with E-state index in [0.29, 0.717) is 23.4 Å². The van der Waals surface area contributed by atoms with Crippen molar-refractivity contribution in [2.45, 2.75) is 30.9 Å². The quantitative estimate of drug-likeness (QED) is 0.501. The van der Waals surface area contributed by atoms with Gasteiger partial charge in [0.15, 0.2) is 0 Å². The van der Waals surface area contributed by atoms with Gasteiger partial charge in [-0.25, -0.2) is 0 Å². The summed E-state index contributed by atoms with van der Waals surface area (Å²) in [6, 6.07) is 9.55. The molecule has 3 rings (SSSR count). The molecule has 1 aromatic rings. The number of hydrogen-bond donors (Lipinski definition) is 2. The molecule has 26 heavy (non-hydrogen) atoms. The number of benzene rings is 1. The van der Waals surface area contributed by atoms with Crippen molar-refractivity contribution >= 4 is 29.1 Å². The Bertz CT molecular complexity index is 605. The van der Waals surface area contributed by atoms with Crippen molar-refractivity contribution < 1.29 is 37.9 Å². The molecule has 2 aliphatic rings. The molecule has 1 aromatic carbocycles. The Kier molecular flexibility index (Phi) is 12.3. The average molecular weight is 469 g/mol. The second-order valence-electron chi connectivity index (χ2n) is 6.06. The topological polar surface area (TPSA) is 87.4 Å². The van der Waals surface area contributed by atoms with E-state index in [1.807, 2.05) is 12.1 Å². The van der Waals surface area contributed by atoms with Gasteiger partial charge in [0.1, 0.15) is 0 Å². The van der Waals surface area contributed by atoms with Crippen molar-refractivity contribution in [3.05, 3.63) is 45.7 Å². The van der Waals surface area contributed by atoms with E-state index < -0.39 is 0 Å². The third kappa shape index (κ3) is 7.96. The predicted octanol–water partition coefficient (Wildman–Crippen LogP) is 4.23. The molecule has 0 amide bonds. The number of nitrogens with zero attached hydrogens (tertiary/aromatic N) is 3. The summed E-state index contributed by atoms with van der Waals surface area (Å²) >= 11 is 7.31. The van der Waals surface area contributed by atoms with Crippen LogP contribution in [0.25, 0.3) is 10.9 Å². The summed E-state index contributed by atoms with van der Waals surface area (Å²) in [7, 11) is 0. The van der Waals surface area contributed by atoms with Crippen molar-refractivity contribution in [2.24, 2.45) is 5.14 Å². The van der Waals surface area contributed by atoms with E-state index in [4.69, 9.17) is 16.7 Å². The molecular formula is C18H24ClN4OSY-. The number of allylic oxidation sites excluding steroid dienone is 1. The number of hydrogen-bond acceptors (Lipinski definition) is 5. The van der Waals surface area contributed by atoms with Crippen LogP contribution in [0.3, 0.4) is 0 Å². The largest absolute Gasteiger partial charge is 0.662 e. The molecule has 2 saturated heterocycles. The number of nitriles is 1. The van der Waals surface area contributed by atoms with Gasteiger partial charge in [0.2, 0.25) is 0 Å². The summed E-state index contributed by atoms with van der Waals surface area (Å²) in [6.07, 6.45) is 3.84. The molecule has 1 radical (unpaired) electrons. The monoisotopic (exact) mass is 468 g/mol.